The van der Waals surface area contributed by atoms with Crippen molar-refractivity contribution >= 4 is 27.0 Å². The molecule has 0 aromatic carbocycles. The fourth-order valence-corrected chi connectivity index (χ4v) is 4.10. The maximum atomic E-state index is 4.65. The molecule has 0 N–H and O–H groups in total. The van der Waals surface area contributed by atoms with Crippen LogP contribution in [0.3, 0.4) is 0 Å². The lowest BCUT2D eigenvalue weighted by atomic mass is 9.98. The van der Waals surface area contributed by atoms with Crippen LogP contribution < -0.4 is 0 Å². The van der Waals surface area contributed by atoms with Crippen LogP contribution in [-0.4, -0.2) is 27.5 Å². The molecule has 2 bridgehead atoms. The van der Waals surface area contributed by atoms with Gasteiger partial charge in [0.05, 0.1) is 0 Å². The van der Waals surface area contributed by atoms with Gasteiger partial charge in [0.2, 0.25) is 0 Å². The monoisotopic (exact) mass is 305 g/mol. The van der Waals surface area contributed by atoms with E-state index < -0.39 is 0 Å². The number of likely N-dealkylation sites (N-methyl/N-ethyl adjacent to an activating group) is 1. The average molecular weight is 306 g/mol. The molecule has 2 aliphatic heterocycles. The number of aromatic nitrogens is 2. The van der Waals surface area contributed by atoms with E-state index in [9.17, 15) is 0 Å². The molecule has 4 heterocycles. The molecule has 0 amide bonds. The van der Waals surface area contributed by atoms with Gasteiger partial charge in [-0.15, -0.1) is 0 Å². The zero-order valence-corrected chi connectivity index (χ0v) is 12.2. The fraction of sp³-hybridized carbons (Fsp3) is 0.500. The Morgan fingerprint density at radius 3 is 2.94 bits per heavy atom. The Balaban J connectivity index is 2.06. The van der Waals surface area contributed by atoms with Crippen LogP contribution in [0.25, 0.3) is 11.0 Å². The average Bonchev–Trinajstić information content (AvgIpc) is 2.75. The third-order valence-corrected chi connectivity index (χ3v) is 5.21. The highest BCUT2D eigenvalue weighted by atomic mass is 79.9. The molecule has 2 aliphatic rings. The fourth-order valence-electron chi connectivity index (χ4n) is 3.80. The minimum Gasteiger partial charge on any atom is -0.332 e. The lowest BCUT2D eigenvalue weighted by Crippen LogP contribution is -2.34. The highest BCUT2D eigenvalue weighted by Crippen LogP contribution is 2.46. The van der Waals surface area contributed by atoms with Crippen LogP contribution in [0.1, 0.15) is 30.1 Å². The first-order valence-corrected chi connectivity index (χ1v) is 7.31. The van der Waals surface area contributed by atoms with Crippen molar-refractivity contribution < 1.29 is 0 Å². The Morgan fingerprint density at radius 1 is 1.28 bits per heavy atom. The molecule has 0 spiro atoms. The van der Waals surface area contributed by atoms with E-state index in [4.69, 9.17) is 0 Å². The maximum Gasteiger partial charge on any atom is 0.141 e. The van der Waals surface area contributed by atoms with Gasteiger partial charge in [0.1, 0.15) is 10.3 Å². The van der Waals surface area contributed by atoms with E-state index in [1.165, 1.54) is 35.9 Å². The summed E-state index contributed by atoms with van der Waals surface area (Å²) in [6, 6.07) is 5.61. The topological polar surface area (TPSA) is 21.1 Å². The summed E-state index contributed by atoms with van der Waals surface area (Å²) in [6.07, 6.45) is 3.80. The van der Waals surface area contributed by atoms with Crippen molar-refractivity contribution in [2.45, 2.75) is 31.3 Å². The number of fused-ring (bicyclic) bond motifs is 6. The Kier molecular flexibility index (Phi) is 2.19. The normalized spacial score (nSPS) is 26.8. The van der Waals surface area contributed by atoms with Crippen molar-refractivity contribution in [3.05, 3.63) is 28.0 Å². The van der Waals surface area contributed by atoms with Crippen molar-refractivity contribution in [3.8, 4) is 0 Å². The SMILES string of the molecule is CN1C2CCC1c1c(n(C)c3nc(Br)ccc13)C2. The number of halogens is 1. The predicted molar refractivity (Wildman–Crippen MR) is 75.6 cm³/mol. The van der Waals surface area contributed by atoms with Crippen molar-refractivity contribution in [2.24, 2.45) is 7.05 Å². The second-order valence-electron chi connectivity index (χ2n) is 5.54. The predicted octanol–water partition coefficient (Wildman–Crippen LogP) is 3.03. The standard InChI is InChI=1S/C14H16BrN3/c1-17-8-3-5-10(17)13-9-4-6-12(15)16-14(9)18(2)11(13)7-8/h4,6,8,10H,3,5,7H2,1-2H3. The van der Waals surface area contributed by atoms with E-state index in [0.29, 0.717) is 6.04 Å². The smallest absolute Gasteiger partial charge is 0.141 e. The minimum atomic E-state index is 0.602. The Hall–Kier alpha value is -0.870. The third-order valence-electron chi connectivity index (χ3n) is 4.77. The summed E-state index contributed by atoms with van der Waals surface area (Å²) in [5.74, 6) is 0. The Labute approximate surface area is 115 Å². The van der Waals surface area contributed by atoms with Crippen molar-refractivity contribution in [3.63, 3.8) is 0 Å². The molecule has 4 heteroatoms. The number of pyridine rings is 1. The van der Waals surface area contributed by atoms with Gasteiger partial charge < -0.3 is 4.57 Å². The molecule has 2 aromatic rings. The van der Waals surface area contributed by atoms with Gasteiger partial charge >= 0.3 is 0 Å². The second kappa shape index (κ2) is 3.58. The molecule has 3 nitrogen and oxygen atoms in total. The maximum absolute atomic E-state index is 4.65. The molecule has 2 aromatic heterocycles. The largest absolute Gasteiger partial charge is 0.332 e. The molecular weight excluding hydrogens is 290 g/mol. The van der Waals surface area contributed by atoms with E-state index in [-0.39, 0.29) is 0 Å². The molecule has 2 atom stereocenters. The van der Waals surface area contributed by atoms with Gasteiger partial charge in [0, 0.05) is 36.6 Å². The number of hydrogen-bond acceptors (Lipinski definition) is 2. The van der Waals surface area contributed by atoms with Gasteiger partial charge in [0.25, 0.3) is 0 Å². The first-order chi connectivity index (χ1) is 8.66. The van der Waals surface area contributed by atoms with E-state index in [0.717, 1.165) is 16.3 Å². The highest BCUT2D eigenvalue weighted by Gasteiger charge is 2.40. The van der Waals surface area contributed by atoms with Crippen LogP contribution in [0.5, 0.6) is 0 Å². The summed E-state index contributed by atoms with van der Waals surface area (Å²) in [6.45, 7) is 0. The van der Waals surface area contributed by atoms with Crippen LogP contribution in [0.15, 0.2) is 16.7 Å². The van der Waals surface area contributed by atoms with Crippen molar-refractivity contribution in [1.82, 2.24) is 14.5 Å². The lowest BCUT2D eigenvalue weighted by Gasteiger charge is -2.32. The zero-order valence-electron chi connectivity index (χ0n) is 10.7. The molecule has 2 unspecified atom stereocenters. The molecule has 94 valence electrons. The summed E-state index contributed by atoms with van der Waals surface area (Å²) in [7, 11) is 4.43. The number of hydrogen-bond donors (Lipinski definition) is 0. The van der Waals surface area contributed by atoms with E-state index >= 15 is 0 Å². The quantitative estimate of drug-likeness (QED) is 0.698. The summed E-state index contributed by atoms with van der Waals surface area (Å²) in [5, 5.41) is 1.34. The van der Waals surface area contributed by atoms with Gasteiger partial charge in [-0.05, 0) is 53.5 Å². The minimum absolute atomic E-state index is 0.602. The summed E-state index contributed by atoms with van der Waals surface area (Å²) in [5.41, 5.74) is 4.15. The first-order valence-electron chi connectivity index (χ1n) is 6.52. The van der Waals surface area contributed by atoms with Gasteiger partial charge in [-0.3, -0.25) is 4.90 Å². The summed E-state index contributed by atoms with van der Waals surface area (Å²) in [4.78, 5) is 7.21. The van der Waals surface area contributed by atoms with Gasteiger partial charge in [-0.1, -0.05) is 0 Å². The molecule has 4 rings (SSSR count). The zero-order chi connectivity index (χ0) is 12.4. The van der Waals surface area contributed by atoms with Crippen LogP contribution in [-0.2, 0) is 13.5 Å². The van der Waals surface area contributed by atoms with Crippen molar-refractivity contribution in [1.29, 1.82) is 0 Å². The third kappa shape index (κ3) is 1.25. The van der Waals surface area contributed by atoms with Gasteiger partial charge in [-0.2, -0.15) is 0 Å². The molecule has 0 saturated carbocycles. The van der Waals surface area contributed by atoms with E-state index in [2.05, 4.69) is 56.6 Å². The van der Waals surface area contributed by atoms with Crippen molar-refractivity contribution in [2.75, 3.05) is 7.05 Å². The number of aryl methyl sites for hydroxylation is 1. The molecule has 18 heavy (non-hydrogen) atoms. The Morgan fingerprint density at radius 2 is 2.11 bits per heavy atom. The van der Waals surface area contributed by atoms with Crippen LogP contribution in [0.4, 0.5) is 0 Å². The highest BCUT2D eigenvalue weighted by molar-refractivity contribution is 9.10. The number of rotatable bonds is 0. The van der Waals surface area contributed by atoms with Gasteiger partial charge in [0.15, 0.2) is 0 Å². The molecule has 1 saturated heterocycles. The second-order valence-corrected chi connectivity index (χ2v) is 6.35. The van der Waals surface area contributed by atoms with Gasteiger partial charge in [-0.25, -0.2) is 4.98 Å². The Bertz CT molecular complexity index is 646. The van der Waals surface area contributed by atoms with E-state index in [1.54, 1.807) is 0 Å². The van der Waals surface area contributed by atoms with E-state index in [1.807, 2.05) is 0 Å². The summed E-state index contributed by atoms with van der Waals surface area (Å²) >= 11 is 3.48. The molecule has 1 fully saturated rings. The first kappa shape index (κ1) is 11.0. The van der Waals surface area contributed by atoms with Crippen LogP contribution in [0.2, 0.25) is 0 Å². The molecule has 0 aliphatic carbocycles. The van der Waals surface area contributed by atoms with Crippen LogP contribution >= 0.6 is 15.9 Å². The molecular formula is C14H16BrN3. The lowest BCUT2D eigenvalue weighted by molar-refractivity contribution is 0.222. The summed E-state index contributed by atoms with van der Waals surface area (Å²) < 4.78 is 3.22. The number of nitrogens with zero attached hydrogens (tertiary/aromatic N) is 3. The van der Waals surface area contributed by atoms with Crippen LogP contribution in [0, 0.1) is 0 Å². The molecule has 0 radical (unpaired) electrons.